The van der Waals surface area contributed by atoms with Gasteiger partial charge in [0.1, 0.15) is 11.5 Å². The largest absolute Gasteiger partial charge is 0.507 e. The van der Waals surface area contributed by atoms with Crippen LogP contribution in [0.3, 0.4) is 0 Å². The van der Waals surface area contributed by atoms with Crippen molar-refractivity contribution in [1.82, 2.24) is 4.90 Å². The average molecular weight is 698 g/mol. The molecular formula is C45H69N4O2+. The number of aliphatic imine (C=N–C) groups is 2. The smallest absolute Gasteiger partial charge is 0.246 e. The van der Waals surface area contributed by atoms with E-state index >= 15 is 0 Å². The Morgan fingerprint density at radius 3 is 1.84 bits per heavy atom. The fraction of sp³-hybridized carbons (Fsp3) is 0.667. The number of phenols is 2. The van der Waals surface area contributed by atoms with E-state index < -0.39 is 0 Å². The molecule has 3 aliphatic rings. The molecule has 2 N–H and O–H groups in total. The van der Waals surface area contributed by atoms with Gasteiger partial charge in [0.25, 0.3) is 0 Å². The molecule has 2 heterocycles. The van der Waals surface area contributed by atoms with Gasteiger partial charge in [-0.3, -0.25) is 19.5 Å². The molecule has 2 atom stereocenters. The monoisotopic (exact) mass is 698 g/mol. The van der Waals surface area contributed by atoms with Gasteiger partial charge < -0.3 is 10.2 Å². The summed E-state index contributed by atoms with van der Waals surface area (Å²) in [5.41, 5.74) is 5.75. The van der Waals surface area contributed by atoms with Gasteiger partial charge in [0.2, 0.25) is 5.84 Å². The SMILES string of the molecule is CC(C)(C)c1cc(C=NC2CCCCC2N=Cc2cc(C(C)(C)C)cc(C(C)(C)C)c2O)c(O)c(CCCN2CCCC[N+]3=C2CCCCC3)c1. The number of aryl methyl sites for hydroxylation is 1. The molecule has 1 saturated carbocycles. The van der Waals surface area contributed by atoms with Gasteiger partial charge in [0, 0.05) is 35.5 Å². The Kier molecular flexibility index (Phi) is 12.4. The van der Waals surface area contributed by atoms with Crippen LogP contribution in [-0.2, 0) is 22.7 Å². The molecule has 6 heteroatoms. The number of benzene rings is 2. The second-order valence-corrected chi connectivity index (χ2v) is 18.8. The summed E-state index contributed by atoms with van der Waals surface area (Å²) in [6.07, 6.45) is 17.6. The maximum atomic E-state index is 11.7. The van der Waals surface area contributed by atoms with Crippen molar-refractivity contribution < 1.29 is 14.8 Å². The van der Waals surface area contributed by atoms with Gasteiger partial charge in [-0.05, 0) is 103 Å². The van der Waals surface area contributed by atoms with Crippen molar-refractivity contribution in [3.05, 3.63) is 57.6 Å². The first-order chi connectivity index (χ1) is 24.0. The number of aromatic hydroxyl groups is 2. The van der Waals surface area contributed by atoms with E-state index in [9.17, 15) is 10.2 Å². The number of amidine groups is 1. The van der Waals surface area contributed by atoms with Crippen molar-refractivity contribution in [3.63, 3.8) is 0 Å². The molecule has 0 spiro atoms. The van der Waals surface area contributed by atoms with Crippen LogP contribution in [-0.4, -0.2) is 76.2 Å². The molecule has 2 aromatic rings. The Balaban J connectivity index is 1.37. The minimum atomic E-state index is -0.185. The average Bonchev–Trinajstić information content (AvgIpc) is 3.40. The van der Waals surface area contributed by atoms with E-state index in [0.717, 1.165) is 73.9 Å². The van der Waals surface area contributed by atoms with E-state index in [1.54, 1.807) is 5.84 Å². The molecule has 2 aromatic carbocycles. The summed E-state index contributed by atoms with van der Waals surface area (Å²) < 4.78 is 2.67. The molecule has 2 unspecified atom stereocenters. The highest BCUT2D eigenvalue weighted by Crippen LogP contribution is 2.38. The van der Waals surface area contributed by atoms with Crippen molar-refractivity contribution in [3.8, 4) is 11.5 Å². The van der Waals surface area contributed by atoms with Crippen LogP contribution in [0, 0.1) is 0 Å². The molecule has 2 aliphatic heterocycles. The second kappa shape index (κ2) is 16.3. The third-order valence-corrected chi connectivity index (χ3v) is 11.4. The molecule has 6 nitrogen and oxygen atoms in total. The lowest BCUT2D eigenvalue weighted by atomic mass is 9.79. The van der Waals surface area contributed by atoms with Crippen LogP contribution in [0.4, 0.5) is 0 Å². The van der Waals surface area contributed by atoms with Crippen LogP contribution in [0.15, 0.2) is 34.3 Å². The van der Waals surface area contributed by atoms with Crippen molar-refractivity contribution >= 4 is 18.3 Å². The molecule has 1 aliphatic carbocycles. The fourth-order valence-electron chi connectivity index (χ4n) is 8.08. The van der Waals surface area contributed by atoms with Gasteiger partial charge in [-0.2, -0.15) is 0 Å². The summed E-state index contributed by atoms with van der Waals surface area (Å²) in [4.78, 5) is 12.9. The third-order valence-electron chi connectivity index (χ3n) is 11.4. The lowest BCUT2D eigenvalue weighted by Gasteiger charge is -2.28. The van der Waals surface area contributed by atoms with Crippen LogP contribution < -0.4 is 0 Å². The van der Waals surface area contributed by atoms with Crippen molar-refractivity contribution in [2.75, 3.05) is 26.2 Å². The Hall–Kier alpha value is -3.15. The Labute approximate surface area is 310 Å². The lowest BCUT2D eigenvalue weighted by Crippen LogP contribution is -2.37. The first-order valence-electron chi connectivity index (χ1n) is 20.2. The molecule has 0 bridgehead atoms. The van der Waals surface area contributed by atoms with Crippen molar-refractivity contribution in [1.29, 1.82) is 0 Å². The molecular weight excluding hydrogens is 629 g/mol. The maximum absolute atomic E-state index is 11.7. The van der Waals surface area contributed by atoms with Gasteiger partial charge in [0.05, 0.1) is 38.3 Å². The van der Waals surface area contributed by atoms with Crippen LogP contribution in [0.5, 0.6) is 11.5 Å². The van der Waals surface area contributed by atoms with E-state index in [1.165, 1.54) is 62.7 Å². The zero-order valence-electron chi connectivity index (χ0n) is 33.6. The van der Waals surface area contributed by atoms with Crippen LogP contribution in [0.25, 0.3) is 0 Å². The third kappa shape index (κ3) is 10.0. The number of hydrogen-bond acceptors (Lipinski definition) is 5. The number of hydrogen-bond donors (Lipinski definition) is 2. The minimum Gasteiger partial charge on any atom is -0.507 e. The van der Waals surface area contributed by atoms with Gasteiger partial charge in [-0.25, -0.2) is 0 Å². The van der Waals surface area contributed by atoms with E-state index in [0.29, 0.717) is 11.5 Å². The summed E-state index contributed by atoms with van der Waals surface area (Å²) >= 11 is 0. The van der Waals surface area contributed by atoms with E-state index in [2.05, 4.69) is 96.1 Å². The summed E-state index contributed by atoms with van der Waals surface area (Å²) in [7, 11) is 0. The molecule has 1 fully saturated rings. The second-order valence-electron chi connectivity index (χ2n) is 18.8. The predicted molar refractivity (Wildman–Crippen MR) is 216 cm³/mol. The van der Waals surface area contributed by atoms with Gasteiger partial charge in [0.15, 0.2) is 0 Å². The maximum Gasteiger partial charge on any atom is 0.246 e. The highest BCUT2D eigenvalue weighted by molar-refractivity contribution is 5.86. The summed E-state index contributed by atoms with van der Waals surface area (Å²) in [6.45, 7) is 24.5. The van der Waals surface area contributed by atoms with Crippen LogP contribution in [0.1, 0.15) is 166 Å². The van der Waals surface area contributed by atoms with E-state index in [-0.39, 0.29) is 28.3 Å². The first kappa shape index (κ1) is 39.1. The molecule has 0 amide bonds. The van der Waals surface area contributed by atoms with Crippen molar-refractivity contribution in [2.45, 2.75) is 168 Å². The Bertz CT molecular complexity index is 1590. The van der Waals surface area contributed by atoms with E-state index in [4.69, 9.17) is 9.98 Å². The zero-order chi connectivity index (χ0) is 37.0. The summed E-state index contributed by atoms with van der Waals surface area (Å²) in [5.74, 6) is 2.27. The number of nitrogens with zero attached hydrogens (tertiary/aromatic N) is 4. The number of rotatable bonds is 8. The fourth-order valence-corrected chi connectivity index (χ4v) is 8.08. The summed E-state index contributed by atoms with van der Waals surface area (Å²) in [6, 6.07) is 8.71. The highest BCUT2D eigenvalue weighted by atomic mass is 16.3. The highest BCUT2D eigenvalue weighted by Gasteiger charge is 2.29. The van der Waals surface area contributed by atoms with Gasteiger partial charge in [-0.1, -0.05) is 87.3 Å². The van der Waals surface area contributed by atoms with Gasteiger partial charge in [-0.15, -0.1) is 0 Å². The Morgan fingerprint density at radius 1 is 0.686 bits per heavy atom. The van der Waals surface area contributed by atoms with Crippen molar-refractivity contribution in [2.24, 2.45) is 9.98 Å². The Morgan fingerprint density at radius 2 is 1.25 bits per heavy atom. The van der Waals surface area contributed by atoms with Crippen LogP contribution in [0.2, 0.25) is 0 Å². The zero-order valence-corrected chi connectivity index (χ0v) is 33.6. The first-order valence-corrected chi connectivity index (χ1v) is 20.2. The lowest BCUT2D eigenvalue weighted by molar-refractivity contribution is -0.531. The summed E-state index contributed by atoms with van der Waals surface area (Å²) in [5, 5.41) is 23.0. The standard InChI is InChI=1S/C45H68N4O2/c1-43(2,3)35-26-32(18-17-25-49-24-16-15-23-48-22-14-10-11-21-40(48)49)41(50)33(27-35)30-46-38-19-12-13-20-39(38)47-31-34-28-36(44(4,5)6)29-37(42(34)51)45(7,8)9/h26-31,38-39H,10-25H2,1-9H3,(H-,46,47,50,51)/p+1. The van der Waals surface area contributed by atoms with Crippen LogP contribution >= 0.6 is 0 Å². The molecule has 0 aromatic heterocycles. The number of phenolic OH excluding ortho intramolecular Hbond substituents is 2. The topological polar surface area (TPSA) is 71.4 Å². The molecule has 0 saturated heterocycles. The molecule has 5 rings (SSSR count). The normalized spacial score (nSPS) is 21.3. The van der Waals surface area contributed by atoms with Gasteiger partial charge >= 0.3 is 0 Å². The molecule has 0 radical (unpaired) electrons. The minimum absolute atomic E-state index is 0.0351. The van der Waals surface area contributed by atoms with E-state index in [1.807, 2.05) is 12.4 Å². The molecule has 51 heavy (non-hydrogen) atoms. The molecule has 280 valence electrons. The predicted octanol–water partition coefficient (Wildman–Crippen LogP) is 9.85. The quantitative estimate of drug-likeness (QED) is 0.213.